The Morgan fingerprint density at radius 3 is 2.27 bits per heavy atom. The minimum atomic E-state index is -0.967. The van der Waals surface area contributed by atoms with Crippen molar-refractivity contribution in [1.29, 1.82) is 0 Å². The lowest BCUT2D eigenvalue weighted by molar-refractivity contribution is -0.149. The largest absolute Gasteiger partial charge is 0.492 e. The average Bonchev–Trinajstić information content (AvgIpc) is 2.75. The number of methoxy groups -OCH3 is 1. The van der Waals surface area contributed by atoms with E-state index >= 15 is 0 Å². The number of amides is 1. The molecule has 1 aromatic rings. The number of aliphatic carboxylic acids is 1. The number of ether oxygens (including phenoxy) is 3. The highest BCUT2D eigenvalue weighted by Gasteiger charge is 2.18. The number of carbonyl (C=O) groups is 2. The second-order valence-electron chi connectivity index (χ2n) is 7.20. The van der Waals surface area contributed by atoms with Gasteiger partial charge in [0.15, 0.2) is 6.10 Å². The molecule has 0 aliphatic rings. The molecular weight excluding hydrogens is 386 g/mol. The van der Waals surface area contributed by atoms with Crippen LogP contribution in [0, 0.1) is 0 Å². The van der Waals surface area contributed by atoms with Crippen molar-refractivity contribution in [3.8, 4) is 5.75 Å². The fraction of sp³-hybridized carbons (Fsp3) is 0.652. The van der Waals surface area contributed by atoms with E-state index < -0.39 is 12.1 Å². The van der Waals surface area contributed by atoms with Gasteiger partial charge in [0.1, 0.15) is 12.4 Å². The number of benzene rings is 1. The maximum atomic E-state index is 12.0. The van der Waals surface area contributed by atoms with Crippen molar-refractivity contribution in [2.24, 2.45) is 0 Å². The van der Waals surface area contributed by atoms with Crippen LogP contribution in [0.5, 0.6) is 5.75 Å². The van der Waals surface area contributed by atoms with Crippen molar-refractivity contribution in [3.05, 3.63) is 29.8 Å². The first kappa shape index (κ1) is 25.8. The molecule has 0 fully saturated rings. The van der Waals surface area contributed by atoms with Crippen molar-refractivity contribution in [1.82, 2.24) is 4.90 Å². The van der Waals surface area contributed by atoms with Crippen molar-refractivity contribution in [2.45, 2.75) is 64.9 Å². The van der Waals surface area contributed by atoms with E-state index in [4.69, 9.17) is 14.2 Å². The highest BCUT2D eigenvalue weighted by atomic mass is 16.5. The van der Waals surface area contributed by atoms with Gasteiger partial charge in [0, 0.05) is 19.6 Å². The summed E-state index contributed by atoms with van der Waals surface area (Å²) < 4.78 is 15.9. The van der Waals surface area contributed by atoms with E-state index in [1.54, 1.807) is 24.0 Å². The molecular formula is C23H37NO6. The molecule has 0 spiro atoms. The standard InChI is InChI=1S/C23H37NO6/c1-4-6-7-8-9-10-15-24(23(27)28-3)16-17-30-20-13-11-19(12-14-20)18-21(22(25)26)29-5-2/h11-14,21H,4-10,15-18H2,1-3H3,(H,25,26). The van der Waals surface area contributed by atoms with Gasteiger partial charge in [-0.15, -0.1) is 0 Å². The van der Waals surface area contributed by atoms with Gasteiger partial charge in [-0.2, -0.15) is 0 Å². The summed E-state index contributed by atoms with van der Waals surface area (Å²) >= 11 is 0. The van der Waals surface area contributed by atoms with Gasteiger partial charge in [0.25, 0.3) is 0 Å². The number of nitrogens with zero attached hydrogens (tertiary/aromatic N) is 1. The third kappa shape index (κ3) is 10.5. The lowest BCUT2D eigenvalue weighted by Crippen LogP contribution is -2.35. The monoisotopic (exact) mass is 423 g/mol. The number of hydrogen-bond donors (Lipinski definition) is 1. The highest BCUT2D eigenvalue weighted by Crippen LogP contribution is 2.15. The van der Waals surface area contributed by atoms with Gasteiger partial charge < -0.3 is 24.2 Å². The summed E-state index contributed by atoms with van der Waals surface area (Å²) in [5.41, 5.74) is 0.863. The number of carbonyl (C=O) groups excluding carboxylic acids is 1. The van der Waals surface area contributed by atoms with Gasteiger partial charge in [0.05, 0.1) is 13.7 Å². The SMILES string of the molecule is CCCCCCCCN(CCOc1ccc(CC(OCC)C(=O)O)cc1)C(=O)OC. The maximum Gasteiger partial charge on any atom is 0.409 e. The van der Waals surface area contributed by atoms with Crippen LogP contribution >= 0.6 is 0 Å². The lowest BCUT2D eigenvalue weighted by Gasteiger charge is -2.21. The Morgan fingerprint density at radius 1 is 1.00 bits per heavy atom. The third-order valence-electron chi connectivity index (χ3n) is 4.83. The Kier molecular flexibility index (Phi) is 13.3. The van der Waals surface area contributed by atoms with Crippen molar-refractivity contribution >= 4 is 12.1 Å². The zero-order valence-corrected chi connectivity index (χ0v) is 18.6. The van der Waals surface area contributed by atoms with Crippen LogP contribution in [0.3, 0.4) is 0 Å². The first-order valence-corrected chi connectivity index (χ1v) is 10.9. The molecule has 170 valence electrons. The van der Waals surface area contributed by atoms with E-state index in [0.29, 0.717) is 38.5 Å². The molecule has 0 bridgehead atoms. The van der Waals surface area contributed by atoms with Crippen LogP contribution in [0.1, 0.15) is 57.9 Å². The van der Waals surface area contributed by atoms with Crippen molar-refractivity contribution < 1.29 is 28.9 Å². The quantitative estimate of drug-likeness (QED) is 0.393. The summed E-state index contributed by atoms with van der Waals surface area (Å²) in [4.78, 5) is 24.8. The van der Waals surface area contributed by atoms with E-state index in [2.05, 4.69) is 6.92 Å². The molecule has 0 saturated carbocycles. The zero-order chi connectivity index (χ0) is 22.2. The molecule has 1 rings (SSSR count). The molecule has 0 saturated heterocycles. The Labute approximate surface area is 180 Å². The Morgan fingerprint density at radius 2 is 1.67 bits per heavy atom. The van der Waals surface area contributed by atoms with E-state index in [1.165, 1.54) is 32.8 Å². The van der Waals surface area contributed by atoms with Crippen LogP contribution in [0.4, 0.5) is 4.79 Å². The van der Waals surface area contributed by atoms with Crippen LogP contribution in [0.25, 0.3) is 0 Å². The second-order valence-corrected chi connectivity index (χ2v) is 7.20. The molecule has 7 nitrogen and oxygen atoms in total. The Hall–Kier alpha value is -2.28. The zero-order valence-electron chi connectivity index (χ0n) is 18.6. The van der Waals surface area contributed by atoms with Crippen LogP contribution < -0.4 is 4.74 Å². The lowest BCUT2D eigenvalue weighted by atomic mass is 10.1. The normalized spacial score (nSPS) is 11.7. The molecule has 0 aliphatic heterocycles. The molecule has 0 aromatic heterocycles. The minimum absolute atomic E-state index is 0.303. The molecule has 1 unspecified atom stereocenters. The van der Waals surface area contributed by atoms with Crippen LogP contribution in [0.2, 0.25) is 0 Å². The molecule has 0 radical (unpaired) electrons. The van der Waals surface area contributed by atoms with Crippen LogP contribution in [-0.4, -0.2) is 61.6 Å². The smallest absolute Gasteiger partial charge is 0.409 e. The van der Waals surface area contributed by atoms with Gasteiger partial charge >= 0.3 is 12.1 Å². The fourth-order valence-corrected chi connectivity index (χ4v) is 3.13. The summed E-state index contributed by atoms with van der Waals surface area (Å²) in [6, 6.07) is 7.27. The Balaban J connectivity index is 2.42. The molecule has 1 amide bonds. The number of unbranched alkanes of at least 4 members (excludes halogenated alkanes) is 5. The summed E-state index contributed by atoms with van der Waals surface area (Å²) in [6.45, 7) is 5.80. The van der Waals surface area contributed by atoms with Gasteiger partial charge in [-0.1, -0.05) is 51.2 Å². The summed E-state index contributed by atoms with van der Waals surface area (Å²) in [7, 11) is 1.39. The van der Waals surface area contributed by atoms with E-state index in [1.807, 2.05) is 12.1 Å². The summed E-state index contributed by atoms with van der Waals surface area (Å²) in [5.74, 6) is -0.295. The first-order chi connectivity index (χ1) is 14.5. The molecule has 30 heavy (non-hydrogen) atoms. The molecule has 0 aliphatic carbocycles. The maximum absolute atomic E-state index is 12.0. The minimum Gasteiger partial charge on any atom is -0.492 e. The third-order valence-corrected chi connectivity index (χ3v) is 4.83. The van der Waals surface area contributed by atoms with Gasteiger partial charge in [-0.25, -0.2) is 9.59 Å². The first-order valence-electron chi connectivity index (χ1n) is 10.9. The average molecular weight is 424 g/mol. The highest BCUT2D eigenvalue weighted by molar-refractivity contribution is 5.72. The van der Waals surface area contributed by atoms with Crippen molar-refractivity contribution in [3.63, 3.8) is 0 Å². The van der Waals surface area contributed by atoms with Crippen LogP contribution in [0.15, 0.2) is 24.3 Å². The molecule has 1 aromatic carbocycles. The number of rotatable bonds is 16. The molecule has 1 atom stereocenters. The van der Waals surface area contributed by atoms with Gasteiger partial charge in [-0.3, -0.25) is 0 Å². The number of carboxylic acid groups (broad SMARTS) is 1. The second kappa shape index (κ2) is 15.5. The van der Waals surface area contributed by atoms with Gasteiger partial charge in [-0.05, 0) is 31.0 Å². The van der Waals surface area contributed by atoms with E-state index in [-0.39, 0.29) is 6.09 Å². The predicted molar refractivity (Wildman–Crippen MR) is 116 cm³/mol. The van der Waals surface area contributed by atoms with E-state index in [9.17, 15) is 14.7 Å². The Bertz CT molecular complexity index is 604. The predicted octanol–water partition coefficient (Wildman–Crippen LogP) is 4.53. The van der Waals surface area contributed by atoms with Gasteiger partial charge in [0.2, 0.25) is 0 Å². The van der Waals surface area contributed by atoms with E-state index in [0.717, 1.165) is 18.4 Å². The molecule has 7 heteroatoms. The molecule has 0 heterocycles. The summed E-state index contributed by atoms with van der Waals surface area (Å²) in [6.07, 6.45) is 6.10. The number of carboxylic acids is 1. The fourth-order valence-electron chi connectivity index (χ4n) is 3.13. The summed E-state index contributed by atoms with van der Waals surface area (Å²) in [5, 5.41) is 9.18. The molecule has 1 N–H and O–H groups in total. The topological polar surface area (TPSA) is 85.3 Å². The van der Waals surface area contributed by atoms with Crippen LogP contribution in [-0.2, 0) is 20.7 Å². The number of hydrogen-bond acceptors (Lipinski definition) is 5. The van der Waals surface area contributed by atoms with Crippen molar-refractivity contribution in [2.75, 3.05) is 33.4 Å².